The molecule has 5 nitrogen and oxygen atoms in total. The number of hydrogen-bond acceptors (Lipinski definition) is 5. The molecule has 0 fully saturated rings. The van der Waals surface area contributed by atoms with Crippen LogP contribution in [0.15, 0.2) is 72.5 Å². The average Bonchev–Trinajstić information content (AvgIpc) is 3.10. The van der Waals surface area contributed by atoms with E-state index >= 15 is 0 Å². The van der Waals surface area contributed by atoms with Crippen molar-refractivity contribution < 1.29 is 23.8 Å². The summed E-state index contributed by atoms with van der Waals surface area (Å²) in [4.78, 5) is 24.8. The van der Waals surface area contributed by atoms with Gasteiger partial charge in [0.05, 0.1) is 5.56 Å². The summed E-state index contributed by atoms with van der Waals surface area (Å²) in [5.41, 5.74) is 4.03. The van der Waals surface area contributed by atoms with Gasteiger partial charge in [0, 0.05) is 5.56 Å². The number of ether oxygens (including phenoxy) is 3. The number of esters is 1. The van der Waals surface area contributed by atoms with E-state index in [4.69, 9.17) is 14.2 Å². The van der Waals surface area contributed by atoms with Gasteiger partial charge in [-0.25, -0.2) is 4.79 Å². The average molecular weight is 414 g/mol. The minimum atomic E-state index is -0.471. The molecule has 0 aliphatic carbocycles. The van der Waals surface area contributed by atoms with Crippen molar-refractivity contribution in [2.75, 3.05) is 6.61 Å². The first kappa shape index (κ1) is 20.4. The molecular formula is C26H22O5. The Kier molecular flexibility index (Phi) is 5.85. The quantitative estimate of drug-likeness (QED) is 0.418. The van der Waals surface area contributed by atoms with Crippen molar-refractivity contribution in [2.45, 2.75) is 20.5 Å². The van der Waals surface area contributed by atoms with Gasteiger partial charge < -0.3 is 14.2 Å². The van der Waals surface area contributed by atoms with Crippen LogP contribution in [0.25, 0.3) is 6.08 Å². The Balaban J connectivity index is 1.43. The zero-order valence-corrected chi connectivity index (χ0v) is 17.4. The molecule has 0 amide bonds. The van der Waals surface area contributed by atoms with Crippen LogP contribution < -0.4 is 9.47 Å². The van der Waals surface area contributed by atoms with Gasteiger partial charge in [0.2, 0.25) is 5.78 Å². The topological polar surface area (TPSA) is 61.8 Å². The van der Waals surface area contributed by atoms with E-state index in [-0.39, 0.29) is 24.8 Å². The summed E-state index contributed by atoms with van der Waals surface area (Å²) in [6.07, 6.45) is 1.75. The van der Waals surface area contributed by atoms with Crippen molar-refractivity contribution in [3.05, 3.63) is 100 Å². The minimum Gasteiger partial charge on any atom is -0.481 e. The molecule has 0 atom stereocenters. The Morgan fingerprint density at radius 3 is 2.48 bits per heavy atom. The molecule has 1 heterocycles. The molecule has 3 aromatic rings. The lowest BCUT2D eigenvalue weighted by Gasteiger charge is -2.11. The molecular weight excluding hydrogens is 392 g/mol. The van der Waals surface area contributed by atoms with E-state index in [1.807, 2.05) is 61.5 Å². The molecule has 0 N–H and O–H groups in total. The maximum Gasteiger partial charge on any atom is 0.344 e. The van der Waals surface area contributed by atoms with Crippen LogP contribution in [0, 0.1) is 13.8 Å². The van der Waals surface area contributed by atoms with Gasteiger partial charge in [-0.1, -0.05) is 54.6 Å². The molecule has 3 aromatic carbocycles. The van der Waals surface area contributed by atoms with Crippen molar-refractivity contribution >= 4 is 17.8 Å². The Hall–Kier alpha value is -3.86. The van der Waals surface area contributed by atoms with Crippen molar-refractivity contribution in [2.24, 2.45) is 0 Å². The van der Waals surface area contributed by atoms with Crippen LogP contribution in [0.4, 0.5) is 0 Å². The minimum absolute atomic E-state index is 0.171. The van der Waals surface area contributed by atoms with Crippen molar-refractivity contribution in [1.29, 1.82) is 0 Å². The van der Waals surface area contributed by atoms with Crippen LogP contribution in [0.2, 0.25) is 0 Å². The lowest BCUT2D eigenvalue weighted by atomic mass is 10.0. The van der Waals surface area contributed by atoms with E-state index in [1.54, 1.807) is 25.1 Å². The zero-order valence-electron chi connectivity index (χ0n) is 17.4. The SMILES string of the molecule is Cc1ccccc1/C=C1\Oc2c(ccc(OCC(=O)OCc3ccccc3)c2C)C1=O. The lowest BCUT2D eigenvalue weighted by Crippen LogP contribution is -2.15. The highest BCUT2D eigenvalue weighted by Crippen LogP contribution is 2.39. The fourth-order valence-corrected chi connectivity index (χ4v) is 3.33. The van der Waals surface area contributed by atoms with E-state index in [1.165, 1.54) is 0 Å². The number of benzene rings is 3. The first-order valence-electron chi connectivity index (χ1n) is 9.99. The number of allylic oxidation sites excluding steroid dienone is 1. The van der Waals surface area contributed by atoms with Gasteiger partial charge in [-0.2, -0.15) is 0 Å². The number of rotatable bonds is 6. The Bertz CT molecular complexity index is 1160. The number of hydrogen-bond donors (Lipinski definition) is 0. The highest BCUT2D eigenvalue weighted by molar-refractivity contribution is 6.15. The monoisotopic (exact) mass is 414 g/mol. The first-order chi connectivity index (χ1) is 15.0. The fourth-order valence-electron chi connectivity index (χ4n) is 3.33. The second kappa shape index (κ2) is 8.88. The molecule has 0 saturated heterocycles. The summed E-state index contributed by atoms with van der Waals surface area (Å²) in [5.74, 6) is 0.559. The Morgan fingerprint density at radius 1 is 0.968 bits per heavy atom. The third-order valence-corrected chi connectivity index (χ3v) is 5.10. The summed E-state index contributed by atoms with van der Waals surface area (Å²) in [7, 11) is 0. The largest absolute Gasteiger partial charge is 0.481 e. The molecule has 156 valence electrons. The summed E-state index contributed by atoms with van der Waals surface area (Å²) >= 11 is 0. The van der Waals surface area contributed by atoms with E-state index in [0.717, 1.165) is 16.7 Å². The van der Waals surface area contributed by atoms with E-state index < -0.39 is 5.97 Å². The molecule has 0 bridgehead atoms. The number of ketones is 1. The highest BCUT2D eigenvalue weighted by atomic mass is 16.6. The third-order valence-electron chi connectivity index (χ3n) is 5.10. The van der Waals surface area contributed by atoms with Gasteiger partial charge in [-0.05, 0) is 48.7 Å². The van der Waals surface area contributed by atoms with Crippen molar-refractivity contribution in [3.8, 4) is 11.5 Å². The molecule has 0 spiro atoms. The maximum absolute atomic E-state index is 12.8. The number of carbonyl (C=O) groups is 2. The molecule has 4 rings (SSSR count). The molecule has 0 radical (unpaired) electrons. The summed E-state index contributed by atoms with van der Waals surface area (Å²) in [5, 5.41) is 0. The van der Waals surface area contributed by atoms with Crippen LogP contribution in [-0.4, -0.2) is 18.4 Å². The molecule has 0 aromatic heterocycles. The standard InChI is InChI=1S/C26H22O5/c1-17-8-6-7-11-20(17)14-23-25(28)21-12-13-22(18(2)26(21)31-23)29-16-24(27)30-15-19-9-4-3-5-10-19/h3-14H,15-16H2,1-2H3/b23-14-. The summed E-state index contributed by atoms with van der Waals surface area (Å²) < 4.78 is 16.7. The fraction of sp³-hybridized carbons (Fsp3) is 0.154. The molecule has 5 heteroatoms. The normalized spacial score (nSPS) is 13.6. The van der Waals surface area contributed by atoms with E-state index in [9.17, 15) is 9.59 Å². The van der Waals surface area contributed by atoms with Gasteiger partial charge in [0.25, 0.3) is 0 Å². The first-order valence-corrected chi connectivity index (χ1v) is 9.99. The van der Waals surface area contributed by atoms with Gasteiger partial charge >= 0.3 is 5.97 Å². The molecule has 0 unspecified atom stereocenters. The second-order valence-electron chi connectivity index (χ2n) is 7.30. The predicted octanol–water partition coefficient (Wildman–Crippen LogP) is 5.04. The molecule has 1 aliphatic heterocycles. The Labute approximate surface area is 180 Å². The summed E-state index contributed by atoms with van der Waals surface area (Å²) in [6, 6.07) is 20.6. The smallest absolute Gasteiger partial charge is 0.344 e. The van der Waals surface area contributed by atoms with E-state index in [2.05, 4.69) is 0 Å². The lowest BCUT2D eigenvalue weighted by molar-refractivity contribution is -0.147. The van der Waals surface area contributed by atoms with Crippen LogP contribution in [0.1, 0.15) is 32.6 Å². The second-order valence-corrected chi connectivity index (χ2v) is 7.30. The predicted molar refractivity (Wildman–Crippen MR) is 117 cm³/mol. The summed E-state index contributed by atoms with van der Waals surface area (Å²) in [6.45, 7) is 3.74. The van der Waals surface area contributed by atoms with E-state index in [0.29, 0.717) is 22.6 Å². The van der Waals surface area contributed by atoms with Crippen molar-refractivity contribution in [1.82, 2.24) is 0 Å². The molecule has 0 saturated carbocycles. The highest BCUT2D eigenvalue weighted by Gasteiger charge is 2.30. The van der Waals surface area contributed by atoms with Gasteiger partial charge in [0.15, 0.2) is 12.4 Å². The van der Waals surface area contributed by atoms with Crippen LogP contribution in [0.5, 0.6) is 11.5 Å². The van der Waals surface area contributed by atoms with Gasteiger partial charge in [0.1, 0.15) is 18.1 Å². The van der Waals surface area contributed by atoms with Crippen LogP contribution in [-0.2, 0) is 16.1 Å². The number of Topliss-reactive ketones (excluding diaryl/α,β-unsaturated/α-hetero) is 1. The number of carbonyl (C=O) groups excluding carboxylic acids is 2. The molecule has 31 heavy (non-hydrogen) atoms. The number of aryl methyl sites for hydroxylation is 1. The van der Waals surface area contributed by atoms with Crippen LogP contribution >= 0.6 is 0 Å². The Morgan fingerprint density at radius 2 is 1.71 bits per heavy atom. The van der Waals surface area contributed by atoms with Crippen LogP contribution in [0.3, 0.4) is 0 Å². The maximum atomic E-state index is 12.8. The molecule has 1 aliphatic rings. The zero-order chi connectivity index (χ0) is 21.8. The van der Waals surface area contributed by atoms with Crippen molar-refractivity contribution in [3.63, 3.8) is 0 Å². The number of fused-ring (bicyclic) bond motifs is 1. The third kappa shape index (κ3) is 4.51. The van der Waals surface area contributed by atoms with Gasteiger partial charge in [-0.3, -0.25) is 4.79 Å². The van der Waals surface area contributed by atoms with Gasteiger partial charge in [-0.15, -0.1) is 0 Å².